The fourth-order valence-corrected chi connectivity index (χ4v) is 0.431. The molecule has 0 bridgehead atoms. The number of amides is 1. The summed E-state index contributed by atoms with van der Waals surface area (Å²) in [5, 5.41) is 6.71. The second-order valence-electron chi connectivity index (χ2n) is 1.68. The molecule has 0 spiro atoms. The standard InChI is InChI=1S/C5H6N2O/c1-4-2-3-6-7-5(4)8/h2-4H,1H3/t4-/m0/s1. The van der Waals surface area contributed by atoms with Crippen LogP contribution in [0.5, 0.6) is 0 Å². The van der Waals surface area contributed by atoms with Gasteiger partial charge in [0.1, 0.15) is 0 Å². The molecule has 1 aliphatic heterocycles. The SMILES string of the molecule is C[C@H]1C=CN=NC1=O. The number of hydrogen-bond donors (Lipinski definition) is 0. The molecule has 0 radical (unpaired) electrons. The van der Waals surface area contributed by atoms with Crippen molar-refractivity contribution in [1.29, 1.82) is 0 Å². The molecule has 0 aliphatic carbocycles. The lowest BCUT2D eigenvalue weighted by Crippen LogP contribution is -2.05. The van der Waals surface area contributed by atoms with E-state index in [4.69, 9.17) is 0 Å². The number of carbonyl (C=O) groups excluding carboxylic acids is 1. The summed E-state index contributed by atoms with van der Waals surface area (Å²) in [4.78, 5) is 10.5. The van der Waals surface area contributed by atoms with Crippen LogP contribution in [0.1, 0.15) is 6.92 Å². The summed E-state index contributed by atoms with van der Waals surface area (Å²) in [5.41, 5.74) is 0. The maximum Gasteiger partial charge on any atom is 0.271 e. The number of hydrogen-bond acceptors (Lipinski definition) is 2. The van der Waals surface area contributed by atoms with Crippen molar-refractivity contribution in [3.8, 4) is 0 Å². The fourth-order valence-electron chi connectivity index (χ4n) is 0.431. The van der Waals surface area contributed by atoms with Crippen LogP contribution in [0.4, 0.5) is 0 Å². The third-order valence-electron chi connectivity index (χ3n) is 0.987. The first kappa shape index (κ1) is 5.15. The highest BCUT2D eigenvalue weighted by Gasteiger charge is 2.09. The number of carbonyl (C=O) groups is 1. The van der Waals surface area contributed by atoms with Gasteiger partial charge >= 0.3 is 0 Å². The van der Waals surface area contributed by atoms with E-state index >= 15 is 0 Å². The summed E-state index contributed by atoms with van der Waals surface area (Å²) >= 11 is 0. The van der Waals surface area contributed by atoms with Gasteiger partial charge in [-0.05, 0) is 6.92 Å². The molecule has 0 fully saturated rings. The highest BCUT2D eigenvalue weighted by atomic mass is 16.1. The summed E-state index contributed by atoms with van der Waals surface area (Å²) in [5.74, 6) is -0.236. The van der Waals surface area contributed by atoms with Gasteiger partial charge in [-0.2, -0.15) is 5.11 Å². The molecule has 1 aliphatic rings. The Morgan fingerprint density at radius 2 is 2.50 bits per heavy atom. The van der Waals surface area contributed by atoms with Crippen LogP contribution in [-0.2, 0) is 4.79 Å². The fraction of sp³-hybridized carbons (Fsp3) is 0.400. The molecule has 1 rings (SSSR count). The Morgan fingerprint density at radius 3 is 2.88 bits per heavy atom. The molecule has 0 aromatic carbocycles. The van der Waals surface area contributed by atoms with E-state index in [1.807, 2.05) is 0 Å². The van der Waals surface area contributed by atoms with E-state index in [9.17, 15) is 4.79 Å². The molecule has 0 unspecified atom stereocenters. The number of nitrogens with zero attached hydrogens (tertiary/aromatic N) is 2. The zero-order chi connectivity index (χ0) is 5.98. The van der Waals surface area contributed by atoms with Gasteiger partial charge in [-0.25, -0.2) is 0 Å². The minimum atomic E-state index is -0.160. The molecule has 8 heavy (non-hydrogen) atoms. The lowest BCUT2D eigenvalue weighted by molar-refractivity contribution is -0.120. The molecule has 0 saturated carbocycles. The third-order valence-corrected chi connectivity index (χ3v) is 0.987. The lowest BCUT2D eigenvalue weighted by Gasteiger charge is -1.99. The van der Waals surface area contributed by atoms with Gasteiger partial charge in [0.05, 0.1) is 5.92 Å². The highest BCUT2D eigenvalue weighted by molar-refractivity contribution is 5.80. The normalized spacial score (nSPS) is 26.6. The van der Waals surface area contributed by atoms with Crippen molar-refractivity contribution >= 4 is 5.91 Å². The zero-order valence-electron chi connectivity index (χ0n) is 4.53. The monoisotopic (exact) mass is 110 g/mol. The molecular formula is C5H6N2O. The Hall–Kier alpha value is -0.990. The number of rotatable bonds is 0. The Kier molecular flexibility index (Phi) is 1.20. The van der Waals surface area contributed by atoms with Crippen molar-refractivity contribution < 1.29 is 4.79 Å². The smallest absolute Gasteiger partial charge is 0.270 e. The third kappa shape index (κ3) is 0.804. The second-order valence-corrected chi connectivity index (χ2v) is 1.68. The molecule has 42 valence electrons. The summed E-state index contributed by atoms with van der Waals surface area (Å²) in [6.45, 7) is 1.79. The highest BCUT2D eigenvalue weighted by Crippen LogP contribution is 2.05. The van der Waals surface area contributed by atoms with Crippen molar-refractivity contribution in [2.45, 2.75) is 6.92 Å². The molecule has 0 N–H and O–H groups in total. The predicted molar refractivity (Wildman–Crippen MR) is 28.2 cm³/mol. The summed E-state index contributed by atoms with van der Waals surface area (Å²) in [7, 11) is 0. The molecule has 1 heterocycles. The molecular weight excluding hydrogens is 104 g/mol. The van der Waals surface area contributed by atoms with Gasteiger partial charge in [0.15, 0.2) is 0 Å². The van der Waals surface area contributed by atoms with E-state index in [-0.39, 0.29) is 11.8 Å². The van der Waals surface area contributed by atoms with Crippen molar-refractivity contribution in [2.75, 3.05) is 0 Å². The van der Waals surface area contributed by atoms with Gasteiger partial charge in [0.2, 0.25) is 0 Å². The Balaban J connectivity index is 2.74. The van der Waals surface area contributed by atoms with Gasteiger partial charge in [-0.15, -0.1) is 5.11 Å². The average Bonchev–Trinajstić information content (AvgIpc) is 1.77. The first-order valence-corrected chi connectivity index (χ1v) is 2.42. The quantitative estimate of drug-likeness (QED) is 0.460. The van der Waals surface area contributed by atoms with E-state index in [0.717, 1.165) is 0 Å². The van der Waals surface area contributed by atoms with Crippen LogP contribution in [0.15, 0.2) is 22.5 Å². The molecule has 1 atom stereocenters. The molecule has 3 heteroatoms. The molecule has 3 nitrogen and oxygen atoms in total. The average molecular weight is 110 g/mol. The van der Waals surface area contributed by atoms with Crippen LogP contribution < -0.4 is 0 Å². The lowest BCUT2D eigenvalue weighted by atomic mass is 10.1. The first-order chi connectivity index (χ1) is 3.80. The van der Waals surface area contributed by atoms with Crippen LogP contribution in [0, 0.1) is 5.92 Å². The van der Waals surface area contributed by atoms with E-state index < -0.39 is 0 Å². The van der Waals surface area contributed by atoms with Gasteiger partial charge < -0.3 is 0 Å². The minimum Gasteiger partial charge on any atom is -0.270 e. The van der Waals surface area contributed by atoms with Crippen LogP contribution in [0.25, 0.3) is 0 Å². The van der Waals surface area contributed by atoms with Gasteiger partial charge in [-0.1, -0.05) is 6.08 Å². The van der Waals surface area contributed by atoms with Crippen molar-refractivity contribution in [2.24, 2.45) is 16.1 Å². The summed E-state index contributed by atoms with van der Waals surface area (Å²) in [6, 6.07) is 0. The van der Waals surface area contributed by atoms with Gasteiger partial charge in [0.25, 0.3) is 5.91 Å². The second kappa shape index (κ2) is 1.86. The Labute approximate surface area is 47.1 Å². The van der Waals surface area contributed by atoms with Crippen LogP contribution in [-0.4, -0.2) is 5.91 Å². The maximum atomic E-state index is 10.5. The molecule has 0 aromatic rings. The Morgan fingerprint density at radius 1 is 1.75 bits per heavy atom. The van der Waals surface area contributed by atoms with Crippen LogP contribution in [0.3, 0.4) is 0 Å². The molecule has 0 saturated heterocycles. The first-order valence-electron chi connectivity index (χ1n) is 2.42. The zero-order valence-corrected chi connectivity index (χ0v) is 4.53. The Bertz CT molecular complexity index is 160. The van der Waals surface area contributed by atoms with Crippen LogP contribution >= 0.6 is 0 Å². The summed E-state index contributed by atoms with van der Waals surface area (Å²) < 4.78 is 0. The molecule has 0 aromatic heterocycles. The minimum absolute atomic E-state index is 0.0764. The topological polar surface area (TPSA) is 41.8 Å². The van der Waals surface area contributed by atoms with E-state index in [0.29, 0.717) is 0 Å². The number of azo groups is 1. The van der Waals surface area contributed by atoms with E-state index in [1.165, 1.54) is 6.20 Å². The van der Waals surface area contributed by atoms with Gasteiger partial charge in [-0.3, -0.25) is 4.79 Å². The van der Waals surface area contributed by atoms with E-state index in [2.05, 4.69) is 10.2 Å². The van der Waals surface area contributed by atoms with Crippen molar-refractivity contribution in [3.63, 3.8) is 0 Å². The van der Waals surface area contributed by atoms with Gasteiger partial charge in [0, 0.05) is 6.20 Å². The molecule has 1 amide bonds. The largest absolute Gasteiger partial charge is 0.271 e. The van der Waals surface area contributed by atoms with Crippen molar-refractivity contribution in [1.82, 2.24) is 0 Å². The van der Waals surface area contributed by atoms with Crippen LogP contribution in [0.2, 0.25) is 0 Å². The van der Waals surface area contributed by atoms with E-state index in [1.54, 1.807) is 13.0 Å². The maximum absolute atomic E-state index is 10.5. The summed E-state index contributed by atoms with van der Waals surface area (Å²) in [6.07, 6.45) is 3.25. The van der Waals surface area contributed by atoms with Crippen molar-refractivity contribution in [3.05, 3.63) is 12.3 Å². The predicted octanol–water partition coefficient (Wildman–Crippen LogP) is 1.13.